The number of hydrogen-bond acceptors (Lipinski definition) is 3. The molecule has 1 fully saturated rings. The van der Waals surface area contributed by atoms with Crippen LogP contribution in [0.2, 0.25) is 5.02 Å². The van der Waals surface area contributed by atoms with Gasteiger partial charge in [-0.2, -0.15) is 0 Å². The topological polar surface area (TPSA) is 24.5 Å². The van der Waals surface area contributed by atoms with E-state index in [4.69, 9.17) is 16.3 Å². The van der Waals surface area contributed by atoms with Gasteiger partial charge >= 0.3 is 0 Å². The van der Waals surface area contributed by atoms with Crippen molar-refractivity contribution in [2.45, 2.75) is 26.3 Å². The standard InChI is InChI=1S/C14H21ClN2O/c1-4-11-9-17(6-5-16-11)13-7-10(2)12(15)8-14(13)18-3/h7-8,11,16H,4-6,9H2,1-3H3. The largest absolute Gasteiger partial charge is 0.495 e. The predicted octanol–water partition coefficient (Wildman–Crippen LogP) is 2.85. The molecular formula is C14H21ClN2O. The zero-order valence-corrected chi connectivity index (χ0v) is 12.0. The van der Waals surface area contributed by atoms with Crippen LogP contribution in [0.25, 0.3) is 0 Å². The molecule has 1 aromatic rings. The molecular weight excluding hydrogens is 248 g/mol. The van der Waals surface area contributed by atoms with Crippen LogP contribution < -0.4 is 15.0 Å². The van der Waals surface area contributed by atoms with Crippen molar-refractivity contribution in [3.05, 3.63) is 22.7 Å². The van der Waals surface area contributed by atoms with E-state index in [-0.39, 0.29) is 0 Å². The van der Waals surface area contributed by atoms with Crippen LogP contribution in [0, 0.1) is 6.92 Å². The van der Waals surface area contributed by atoms with E-state index in [1.54, 1.807) is 7.11 Å². The third-order valence-electron chi connectivity index (χ3n) is 3.55. The molecule has 100 valence electrons. The molecule has 1 aromatic carbocycles. The molecule has 0 aliphatic carbocycles. The lowest BCUT2D eigenvalue weighted by Crippen LogP contribution is -2.50. The summed E-state index contributed by atoms with van der Waals surface area (Å²) < 4.78 is 5.46. The highest BCUT2D eigenvalue weighted by Crippen LogP contribution is 2.34. The lowest BCUT2D eigenvalue weighted by molar-refractivity contribution is 0.406. The number of hydrogen-bond donors (Lipinski definition) is 1. The Balaban J connectivity index is 2.28. The van der Waals surface area contributed by atoms with E-state index in [9.17, 15) is 0 Å². The number of ether oxygens (including phenoxy) is 1. The number of piperazine rings is 1. The smallest absolute Gasteiger partial charge is 0.143 e. The Hall–Kier alpha value is -0.930. The van der Waals surface area contributed by atoms with Gasteiger partial charge in [-0.05, 0) is 25.0 Å². The Morgan fingerprint density at radius 2 is 2.28 bits per heavy atom. The molecule has 2 rings (SSSR count). The maximum absolute atomic E-state index is 6.15. The summed E-state index contributed by atoms with van der Waals surface area (Å²) in [7, 11) is 1.70. The van der Waals surface area contributed by atoms with Gasteiger partial charge in [0.15, 0.2) is 0 Å². The molecule has 1 heterocycles. The zero-order valence-electron chi connectivity index (χ0n) is 11.3. The minimum absolute atomic E-state index is 0.555. The van der Waals surface area contributed by atoms with Gasteiger partial charge in [-0.1, -0.05) is 18.5 Å². The Morgan fingerprint density at radius 3 is 2.94 bits per heavy atom. The summed E-state index contributed by atoms with van der Waals surface area (Å²) in [5.74, 6) is 0.863. The van der Waals surface area contributed by atoms with Crippen LogP contribution in [-0.4, -0.2) is 32.8 Å². The van der Waals surface area contributed by atoms with Crippen molar-refractivity contribution in [3.8, 4) is 5.75 Å². The molecule has 1 aliphatic heterocycles. The highest BCUT2D eigenvalue weighted by molar-refractivity contribution is 6.31. The molecule has 3 nitrogen and oxygen atoms in total. The summed E-state index contributed by atoms with van der Waals surface area (Å²) in [6.45, 7) is 7.29. The van der Waals surface area contributed by atoms with Gasteiger partial charge < -0.3 is 15.0 Å². The van der Waals surface area contributed by atoms with Gasteiger partial charge in [-0.15, -0.1) is 0 Å². The van der Waals surface area contributed by atoms with Gasteiger partial charge in [0.25, 0.3) is 0 Å². The minimum atomic E-state index is 0.555. The molecule has 0 bridgehead atoms. The molecule has 4 heteroatoms. The monoisotopic (exact) mass is 268 g/mol. The van der Waals surface area contributed by atoms with Gasteiger partial charge in [0, 0.05) is 36.8 Å². The Kier molecular flexibility index (Phi) is 4.36. The Labute approximate surface area is 114 Å². The van der Waals surface area contributed by atoms with E-state index in [0.29, 0.717) is 6.04 Å². The average Bonchev–Trinajstić information content (AvgIpc) is 2.41. The van der Waals surface area contributed by atoms with Crippen LogP contribution >= 0.6 is 11.6 Å². The lowest BCUT2D eigenvalue weighted by atomic mass is 10.1. The van der Waals surface area contributed by atoms with E-state index >= 15 is 0 Å². The fourth-order valence-corrected chi connectivity index (χ4v) is 2.53. The molecule has 0 radical (unpaired) electrons. The molecule has 1 N–H and O–H groups in total. The number of anilines is 1. The minimum Gasteiger partial charge on any atom is -0.495 e. The Bertz CT molecular complexity index is 423. The first-order chi connectivity index (χ1) is 8.65. The summed E-state index contributed by atoms with van der Waals surface area (Å²) in [6, 6.07) is 4.59. The molecule has 1 aliphatic rings. The maximum atomic E-state index is 6.15. The van der Waals surface area contributed by atoms with E-state index in [1.165, 1.54) is 0 Å². The third kappa shape index (κ3) is 2.73. The molecule has 0 spiro atoms. The number of methoxy groups -OCH3 is 1. The number of halogens is 1. The quantitative estimate of drug-likeness (QED) is 0.912. The predicted molar refractivity (Wildman–Crippen MR) is 77.0 cm³/mol. The van der Waals surface area contributed by atoms with Crippen LogP contribution in [0.5, 0.6) is 5.75 Å². The average molecular weight is 269 g/mol. The number of aryl methyl sites for hydroxylation is 1. The van der Waals surface area contributed by atoms with Gasteiger partial charge in [0.2, 0.25) is 0 Å². The van der Waals surface area contributed by atoms with E-state index in [2.05, 4.69) is 23.2 Å². The van der Waals surface area contributed by atoms with Crippen molar-refractivity contribution >= 4 is 17.3 Å². The van der Waals surface area contributed by atoms with E-state index in [1.807, 2.05) is 13.0 Å². The second kappa shape index (κ2) is 5.81. The van der Waals surface area contributed by atoms with Gasteiger partial charge in [0.1, 0.15) is 5.75 Å². The van der Waals surface area contributed by atoms with Crippen molar-refractivity contribution in [1.29, 1.82) is 0 Å². The summed E-state index contributed by atoms with van der Waals surface area (Å²) in [5.41, 5.74) is 2.25. The SMILES string of the molecule is CCC1CN(c2cc(C)c(Cl)cc2OC)CCN1. The van der Waals surface area contributed by atoms with Crippen molar-refractivity contribution in [3.63, 3.8) is 0 Å². The molecule has 0 amide bonds. The normalized spacial score (nSPS) is 20.0. The first kappa shape index (κ1) is 13.5. The van der Waals surface area contributed by atoms with E-state index in [0.717, 1.165) is 48.1 Å². The Morgan fingerprint density at radius 1 is 1.50 bits per heavy atom. The van der Waals surface area contributed by atoms with Crippen molar-refractivity contribution in [2.75, 3.05) is 31.6 Å². The fraction of sp³-hybridized carbons (Fsp3) is 0.571. The molecule has 18 heavy (non-hydrogen) atoms. The lowest BCUT2D eigenvalue weighted by Gasteiger charge is -2.35. The number of rotatable bonds is 3. The van der Waals surface area contributed by atoms with Gasteiger partial charge in [-0.3, -0.25) is 0 Å². The van der Waals surface area contributed by atoms with E-state index < -0.39 is 0 Å². The number of nitrogens with zero attached hydrogens (tertiary/aromatic N) is 1. The van der Waals surface area contributed by atoms with Crippen molar-refractivity contribution < 1.29 is 4.74 Å². The van der Waals surface area contributed by atoms with Crippen molar-refractivity contribution in [1.82, 2.24) is 5.32 Å². The van der Waals surface area contributed by atoms with Gasteiger partial charge in [-0.25, -0.2) is 0 Å². The summed E-state index contributed by atoms with van der Waals surface area (Å²) in [6.07, 6.45) is 1.14. The van der Waals surface area contributed by atoms with Crippen molar-refractivity contribution in [2.24, 2.45) is 0 Å². The van der Waals surface area contributed by atoms with Crippen LogP contribution in [0.3, 0.4) is 0 Å². The van der Waals surface area contributed by atoms with Crippen LogP contribution in [0.1, 0.15) is 18.9 Å². The van der Waals surface area contributed by atoms with Crippen LogP contribution in [-0.2, 0) is 0 Å². The molecule has 1 unspecified atom stereocenters. The molecule has 0 aromatic heterocycles. The highest BCUT2D eigenvalue weighted by Gasteiger charge is 2.21. The first-order valence-electron chi connectivity index (χ1n) is 6.48. The summed E-state index contributed by atoms with van der Waals surface area (Å²) in [5, 5.41) is 4.29. The third-order valence-corrected chi connectivity index (χ3v) is 3.96. The second-order valence-electron chi connectivity index (χ2n) is 4.78. The first-order valence-corrected chi connectivity index (χ1v) is 6.86. The molecule has 1 atom stereocenters. The maximum Gasteiger partial charge on any atom is 0.143 e. The van der Waals surface area contributed by atoms with Crippen LogP contribution in [0.15, 0.2) is 12.1 Å². The number of nitrogens with one attached hydrogen (secondary N) is 1. The summed E-state index contributed by atoms with van der Waals surface area (Å²) >= 11 is 6.15. The fourth-order valence-electron chi connectivity index (χ4n) is 2.38. The molecule has 1 saturated heterocycles. The summed E-state index contributed by atoms with van der Waals surface area (Å²) in [4.78, 5) is 2.38. The second-order valence-corrected chi connectivity index (χ2v) is 5.19. The molecule has 0 saturated carbocycles. The zero-order chi connectivity index (χ0) is 13.1. The number of benzene rings is 1. The van der Waals surface area contributed by atoms with Crippen LogP contribution in [0.4, 0.5) is 5.69 Å². The van der Waals surface area contributed by atoms with Gasteiger partial charge in [0.05, 0.1) is 12.8 Å². The highest BCUT2D eigenvalue weighted by atomic mass is 35.5.